The Kier molecular flexibility index (Phi) is 2.87. The summed E-state index contributed by atoms with van der Waals surface area (Å²) in [6, 6.07) is 5.27. The van der Waals surface area contributed by atoms with Gasteiger partial charge in [0, 0.05) is 17.1 Å². The minimum absolute atomic E-state index is 0.184. The number of rotatable bonds is 1. The average molecular weight is 228 g/mol. The van der Waals surface area contributed by atoms with Crippen LogP contribution in [-0.4, -0.2) is 18.3 Å². The van der Waals surface area contributed by atoms with Crippen molar-refractivity contribution in [2.75, 3.05) is 13.2 Å². The lowest BCUT2D eigenvalue weighted by Gasteiger charge is -2.26. The predicted octanol–water partition coefficient (Wildman–Crippen LogP) is 1.66. The van der Waals surface area contributed by atoms with E-state index in [-0.39, 0.29) is 6.54 Å². The van der Waals surface area contributed by atoms with Crippen molar-refractivity contribution in [2.45, 2.75) is 18.4 Å². The number of hydrogen-bond donors (Lipinski definition) is 2. The van der Waals surface area contributed by atoms with Gasteiger partial charge in [0.25, 0.3) is 0 Å². The fourth-order valence-corrected chi connectivity index (χ4v) is 2.06. The van der Waals surface area contributed by atoms with Crippen LogP contribution in [0.3, 0.4) is 0 Å². The van der Waals surface area contributed by atoms with Gasteiger partial charge in [-0.1, -0.05) is 11.6 Å². The molecule has 0 saturated carbocycles. The Labute approximate surface area is 93.8 Å². The van der Waals surface area contributed by atoms with Gasteiger partial charge in [-0.05, 0) is 31.0 Å². The fourth-order valence-electron chi connectivity index (χ4n) is 1.89. The maximum Gasteiger partial charge on any atom is 0.125 e. The molecule has 1 aromatic rings. The molecule has 1 aliphatic heterocycles. The van der Waals surface area contributed by atoms with Crippen molar-refractivity contribution >= 4 is 11.6 Å². The van der Waals surface area contributed by atoms with Crippen molar-refractivity contribution in [1.29, 1.82) is 0 Å². The van der Waals surface area contributed by atoms with Crippen molar-refractivity contribution in [3.8, 4) is 5.75 Å². The van der Waals surface area contributed by atoms with Gasteiger partial charge in [-0.2, -0.15) is 0 Å². The Bertz CT molecular complexity index is 370. The van der Waals surface area contributed by atoms with Crippen LogP contribution in [0.2, 0.25) is 5.02 Å². The van der Waals surface area contributed by atoms with E-state index in [2.05, 4.69) is 0 Å². The summed E-state index contributed by atoms with van der Waals surface area (Å²) in [5, 5.41) is 11.0. The van der Waals surface area contributed by atoms with Crippen LogP contribution in [0.4, 0.5) is 0 Å². The molecule has 1 aromatic carbocycles. The summed E-state index contributed by atoms with van der Waals surface area (Å²) in [6.07, 6.45) is 1.40. The Morgan fingerprint density at radius 3 is 3.07 bits per heavy atom. The van der Waals surface area contributed by atoms with Gasteiger partial charge in [0.15, 0.2) is 0 Å². The molecule has 1 heterocycles. The zero-order chi connectivity index (χ0) is 10.9. The number of halogens is 1. The van der Waals surface area contributed by atoms with E-state index in [1.54, 1.807) is 18.2 Å². The molecule has 2 rings (SSSR count). The molecule has 0 bridgehead atoms. The van der Waals surface area contributed by atoms with Crippen LogP contribution < -0.4 is 10.5 Å². The fraction of sp³-hybridized carbons (Fsp3) is 0.455. The third-order valence-corrected chi connectivity index (χ3v) is 3.01. The van der Waals surface area contributed by atoms with Gasteiger partial charge in [-0.25, -0.2) is 0 Å². The first-order chi connectivity index (χ1) is 7.15. The first-order valence-corrected chi connectivity index (χ1v) is 5.39. The molecule has 0 aromatic heterocycles. The normalized spacial score (nSPS) is 25.3. The zero-order valence-electron chi connectivity index (χ0n) is 8.37. The van der Waals surface area contributed by atoms with Gasteiger partial charge < -0.3 is 15.6 Å². The second-order valence-corrected chi connectivity index (χ2v) is 4.26. The molecule has 1 aliphatic rings. The van der Waals surface area contributed by atoms with Crippen LogP contribution in [0, 0.1) is 0 Å². The third-order valence-electron chi connectivity index (χ3n) is 2.77. The SMILES string of the molecule is NCC1(O)CCCOc2ccc(Cl)cc21. The van der Waals surface area contributed by atoms with Crippen LogP contribution in [0.1, 0.15) is 18.4 Å². The van der Waals surface area contributed by atoms with Gasteiger partial charge in [0.1, 0.15) is 11.4 Å². The summed E-state index contributed by atoms with van der Waals surface area (Å²) < 4.78 is 5.53. The number of fused-ring (bicyclic) bond motifs is 1. The van der Waals surface area contributed by atoms with E-state index in [0.717, 1.165) is 6.42 Å². The average Bonchev–Trinajstić information content (AvgIpc) is 2.40. The zero-order valence-corrected chi connectivity index (χ0v) is 9.13. The molecule has 0 radical (unpaired) electrons. The van der Waals surface area contributed by atoms with E-state index < -0.39 is 5.60 Å². The number of ether oxygens (including phenoxy) is 1. The third kappa shape index (κ3) is 1.95. The molecule has 0 saturated heterocycles. The largest absolute Gasteiger partial charge is 0.493 e. The first-order valence-electron chi connectivity index (χ1n) is 5.01. The number of aliphatic hydroxyl groups is 1. The molecule has 4 heteroatoms. The van der Waals surface area contributed by atoms with E-state index in [4.69, 9.17) is 22.1 Å². The predicted molar refractivity (Wildman–Crippen MR) is 59.1 cm³/mol. The summed E-state index contributed by atoms with van der Waals surface area (Å²) in [7, 11) is 0. The topological polar surface area (TPSA) is 55.5 Å². The molecular weight excluding hydrogens is 214 g/mol. The number of benzene rings is 1. The van der Waals surface area contributed by atoms with Crippen molar-refractivity contribution in [2.24, 2.45) is 5.73 Å². The van der Waals surface area contributed by atoms with Crippen LogP contribution >= 0.6 is 11.6 Å². The standard InChI is InChI=1S/C11H14ClNO2/c12-8-2-3-10-9(6-8)11(14,7-13)4-1-5-15-10/h2-3,6,14H,1,4-5,7,13H2. The highest BCUT2D eigenvalue weighted by Gasteiger charge is 2.32. The molecule has 0 fully saturated rings. The minimum atomic E-state index is -1.00. The highest BCUT2D eigenvalue weighted by atomic mass is 35.5. The van der Waals surface area contributed by atoms with E-state index in [1.807, 2.05) is 0 Å². The van der Waals surface area contributed by atoms with Crippen LogP contribution in [0.5, 0.6) is 5.75 Å². The van der Waals surface area contributed by atoms with E-state index >= 15 is 0 Å². The van der Waals surface area contributed by atoms with Gasteiger partial charge >= 0.3 is 0 Å². The van der Waals surface area contributed by atoms with Gasteiger partial charge in [0.2, 0.25) is 0 Å². The Morgan fingerprint density at radius 1 is 1.53 bits per heavy atom. The summed E-state index contributed by atoms with van der Waals surface area (Å²) in [5.41, 5.74) is 5.32. The quantitative estimate of drug-likeness (QED) is 0.767. The Morgan fingerprint density at radius 2 is 2.33 bits per heavy atom. The van der Waals surface area contributed by atoms with Crippen molar-refractivity contribution < 1.29 is 9.84 Å². The molecule has 0 amide bonds. The van der Waals surface area contributed by atoms with Crippen LogP contribution in [0.15, 0.2) is 18.2 Å². The number of hydrogen-bond acceptors (Lipinski definition) is 3. The number of nitrogens with two attached hydrogens (primary N) is 1. The summed E-state index contributed by atoms with van der Waals surface area (Å²) >= 11 is 5.91. The second-order valence-electron chi connectivity index (χ2n) is 3.83. The maximum atomic E-state index is 10.4. The first kappa shape index (κ1) is 10.7. The van der Waals surface area contributed by atoms with Crippen molar-refractivity contribution in [3.05, 3.63) is 28.8 Å². The summed E-state index contributed by atoms with van der Waals surface area (Å²) in [6.45, 7) is 0.792. The maximum absolute atomic E-state index is 10.4. The summed E-state index contributed by atoms with van der Waals surface area (Å²) in [4.78, 5) is 0. The van der Waals surface area contributed by atoms with E-state index in [0.29, 0.717) is 29.4 Å². The molecular formula is C11H14ClNO2. The molecule has 3 nitrogen and oxygen atoms in total. The smallest absolute Gasteiger partial charge is 0.125 e. The monoisotopic (exact) mass is 227 g/mol. The van der Waals surface area contributed by atoms with Gasteiger partial charge in [0.05, 0.1) is 6.61 Å². The molecule has 0 aliphatic carbocycles. The lowest BCUT2D eigenvalue weighted by Crippen LogP contribution is -2.34. The van der Waals surface area contributed by atoms with E-state index in [9.17, 15) is 5.11 Å². The highest BCUT2D eigenvalue weighted by Crippen LogP contribution is 2.37. The van der Waals surface area contributed by atoms with Crippen molar-refractivity contribution in [1.82, 2.24) is 0 Å². The van der Waals surface area contributed by atoms with Crippen LogP contribution in [0.25, 0.3) is 0 Å². The molecule has 3 N–H and O–H groups in total. The lowest BCUT2D eigenvalue weighted by molar-refractivity contribution is 0.0374. The molecule has 0 spiro atoms. The molecule has 1 atom stereocenters. The van der Waals surface area contributed by atoms with Gasteiger partial charge in [-0.3, -0.25) is 0 Å². The lowest BCUT2D eigenvalue weighted by atomic mass is 9.89. The second kappa shape index (κ2) is 4.00. The molecule has 82 valence electrons. The van der Waals surface area contributed by atoms with Gasteiger partial charge in [-0.15, -0.1) is 0 Å². The van der Waals surface area contributed by atoms with Crippen LogP contribution in [-0.2, 0) is 5.60 Å². The molecule has 15 heavy (non-hydrogen) atoms. The highest BCUT2D eigenvalue weighted by molar-refractivity contribution is 6.30. The molecule has 1 unspecified atom stereocenters. The summed E-state index contributed by atoms with van der Waals surface area (Å²) in [5.74, 6) is 0.685. The van der Waals surface area contributed by atoms with Crippen molar-refractivity contribution in [3.63, 3.8) is 0 Å². The minimum Gasteiger partial charge on any atom is -0.493 e. The van der Waals surface area contributed by atoms with E-state index in [1.165, 1.54) is 0 Å². The Hall–Kier alpha value is -0.770. The Balaban J connectivity index is 2.52.